The Labute approximate surface area is 225 Å². The number of hydrogen-bond donors (Lipinski definition) is 3. The van der Waals surface area contributed by atoms with Gasteiger partial charge in [0.1, 0.15) is 17.0 Å². The van der Waals surface area contributed by atoms with Crippen LogP contribution in [0, 0.1) is 11.6 Å². The van der Waals surface area contributed by atoms with Gasteiger partial charge in [-0.2, -0.15) is 0 Å². The van der Waals surface area contributed by atoms with Gasteiger partial charge in [0.05, 0.1) is 6.54 Å². The summed E-state index contributed by atoms with van der Waals surface area (Å²) in [5.41, 5.74) is 2.41. The lowest BCUT2D eigenvalue weighted by Gasteiger charge is -2.12. The summed E-state index contributed by atoms with van der Waals surface area (Å²) >= 11 is 0. The standard InChI is InChI=1S/C29H22F2N4O5/c30-24-6-5-17(11-25(24)31)15-35-8-2-4-22(29(35)39)28(38)34-13-18-9-19(12-20(10-18)40-16-26(36)37)23-14-33-27-21(23)3-1-7-32-27/h1-12,14H,13,15-16H2,(H,32,33)(H,34,38)(H,36,37). The third kappa shape index (κ3) is 5.73. The van der Waals surface area contributed by atoms with Crippen LogP contribution in [0.15, 0.2) is 84.0 Å². The van der Waals surface area contributed by atoms with Crippen LogP contribution >= 0.6 is 0 Å². The Hall–Kier alpha value is -5.32. The van der Waals surface area contributed by atoms with E-state index in [1.165, 1.54) is 29.0 Å². The maximum absolute atomic E-state index is 13.6. The zero-order valence-electron chi connectivity index (χ0n) is 20.9. The van der Waals surface area contributed by atoms with E-state index in [1.54, 1.807) is 30.6 Å². The molecule has 0 saturated heterocycles. The molecular weight excluding hydrogens is 522 g/mol. The van der Waals surface area contributed by atoms with Crippen LogP contribution in [0.25, 0.3) is 22.2 Å². The van der Waals surface area contributed by atoms with E-state index in [4.69, 9.17) is 9.84 Å². The van der Waals surface area contributed by atoms with E-state index in [0.29, 0.717) is 22.3 Å². The Morgan fingerprint density at radius 3 is 2.67 bits per heavy atom. The molecule has 0 bridgehead atoms. The normalized spacial score (nSPS) is 10.9. The van der Waals surface area contributed by atoms with Crippen LogP contribution in [0.4, 0.5) is 8.78 Å². The fourth-order valence-electron chi connectivity index (χ4n) is 4.29. The van der Waals surface area contributed by atoms with Crippen LogP contribution in [-0.2, 0) is 17.9 Å². The first-order valence-corrected chi connectivity index (χ1v) is 12.1. The Balaban J connectivity index is 1.38. The summed E-state index contributed by atoms with van der Waals surface area (Å²) in [5, 5.41) is 12.6. The van der Waals surface area contributed by atoms with Gasteiger partial charge >= 0.3 is 5.97 Å². The highest BCUT2D eigenvalue weighted by molar-refractivity contribution is 5.94. The van der Waals surface area contributed by atoms with Crippen molar-refractivity contribution < 1.29 is 28.2 Å². The lowest BCUT2D eigenvalue weighted by Crippen LogP contribution is -2.32. The minimum atomic E-state index is -1.14. The topological polar surface area (TPSA) is 126 Å². The molecule has 1 amide bonds. The molecule has 5 rings (SSSR count). The Morgan fingerprint density at radius 1 is 1.02 bits per heavy atom. The maximum Gasteiger partial charge on any atom is 0.341 e. The number of aliphatic carboxylic acids is 1. The first-order valence-electron chi connectivity index (χ1n) is 12.1. The van der Waals surface area contributed by atoms with Gasteiger partial charge in [-0.15, -0.1) is 0 Å². The minimum Gasteiger partial charge on any atom is -0.482 e. The summed E-state index contributed by atoms with van der Waals surface area (Å²) in [7, 11) is 0. The summed E-state index contributed by atoms with van der Waals surface area (Å²) in [6.07, 6.45) is 4.88. The quantitative estimate of drug-likeness (QED) is 0.256. The summed E-state index contributed by atoms with van der Waals surface area (Å²) < 4.78 is 33.5. The highest BCUT2D eigenvalue weighted by atomic mass is 19.2. The van der Waals surface area contributed by atoms with Gasteiger partial charge in [-0.3, -0.25) is 9.59 Å². The number of aromatic amines is 1. The molecule has 3 aromatic heterocycles. The van der Waals surface area contributed by atoms with Gasteiger partial charge in [0.25, 0.3) is 11.5 Å². The average molecular weight is 545 g/mol. The number of carbonyl (C=O) groups is 2. The monoisotopic (exact) mass is 544 g/mol. The second kappa shape index (κ2) is 11.2. The number of pyridine rings is 2. The molecule has 2 aromatic carbocycles. The number of amides is 1. The highest BCUT2D eigenvalue weighted by Crippen LogP contribution is 2.31. The smallest absolute Gasteiger partial charge is 0.341 e. The second-order valence-electron chi connectivity index (χ2n) is 8.94. The number of benzene rings is 2. The molecular formula is C29H22F2N4O5. The molecule has 0 spiro atoms. The number of nitrogens with one attached hydrogen (secondary N) is 2. The number of nitrogens with zero attached hydrogens (tertiary/aromatic N) is 2. The van der Waals surface area contributed by atoms with E-state index in [0.717, 1.165) is 23.1 Å². The third-order valence-electron chi connectivity index (χ3n) is 6.15. The number of aromatic nitrogens is 3. The van der Waals surface area contributed by atoms with Crippen molar-refractivity contribution >= 4 is 22.9 Å². The molecule has 0 aliphatic carbocycles. The molecule has 11 heteroatoms. The largest absolute Gasteiger partial charge is 0.482 e. The van der Waals surface area contributed by atoms with Crippen molar-refractivity contribution in [2.45, 2.75) is 13.1 Å². The zero-order valence-corrected chi connectivity index (χ0v) is 20.9. The first kappa shape index (κ1) is 26.3. The number of hydrogen-bond acceptors (Lipinski definition) is 5. The van der Waals surface area contributed by atoms with Gasteiger partial charge in [-0.05, 0) is 71.3 Å². The average Bonchev–Trinajstić information content (AvgIpc) is 3.38. The minimum absolute atomic E-state index is 0.00815. The van der Waals surface area contributed by atoms with Gasteiger partial charge in [-0.1, -0.05) is 6.07 Å². The van der Waals surface area contributed by atoms with E-state index in [1.807, 2.05) is 12.1 Å². The molecule has 9 nitrogen and oxygen atoms in total. The number of ether oxygens (including phenoxy) is 1. The predicted octanol–water partition coefficient (Wildman–Crippen LogP) is 4.11. The van der Waals surface area contributed by atoms with Crippen molar-refractivity contribution in [2.75, 3.05) is 6.61 Å². The van der Waals surface area contributed by atoms with Gasteiger partial charge in [0, 0.05) is 36.1 Å². The Morgan fingerprint density at radius 2 is 1.88 bits per heavy atom. The lowest BCUT2D eigenvalue weighted by atomic mass is 10.0. The number of halogens is 2. The van der Waals surface area contributed by atoms with E-state index < -0.39 is 35.7 Å². The molecule has 3 heterocycles. The first-order chi connectivity index (χ1) is 19.3. The van der Waals surface area contributed by atoms with Gasteiger partial charge in [0.2, 0.25) is 0 Å². The number of rotatable bonds is 9. The van der Waals surface area contributed by atoms with Crippen LogP contribution < -0.4 is 15.6 Å². The molecule has 202 valence electrons. The van der Waals surface area contributed by atoms with Crippen LogP contribution in [-0.4, -0.2) is 38.1 Å². The van der Waals surface area contributed by atoms with Crippen molar-refractivity contribution in [1.29, 1.82) is 0 Å². The van der Waals surface area contributed by atoms with Crippen LogP contribution in [0.5, 0.6) is 5.75 Å². The number of carboxylic acids is 1. The summed E-state index contributed by atoms with van der Waals surface area (Å²) in [6.45, 7) is -0.594. The predicted molar refractivity (Wildman–Crippen MR) is 142 cm³/mol. The van der Waals surface area contributed by atoms with Crippen molar-refractivity contribution in [3.05, 3.63) is 118 Å². The lowest BCUT2D eigenvalue weighted by molar-refractivity contribution is -0.139. The summed E-state index contributed by atoms with van der Waals surface area (Å²) in [6, 6.07) is 15.0. The van der Waals surface area contributed by atoms with Crippen molar-refractivity contribution in [3.8, 4) is 16.9 Å². The van der Waals surface area contributed by atoms with Crippen LogP contribution in [0.1, 0.15) is 21.5 Å². The van der Waals surface area contributed by atoms with Crippen molar-refractivity contribution in [2.24, 2.45) is 0 Å². The van der Waals surface area contributed by atoms with E-state index in [2.05, 4.69) is 15.3 Å². The summed E-state index contributed by atoms with van der Waals surface area (Å²) in [4.78, 5) is 44.4. The Bertz CT molecular complexity index is 1800. The molecule has 40 heavy (non-hydrogen) atoms. The fraction of sp³-hybridized carbons (Fsp3) is 0.103. The number of fused-ring (bicyclic) bond motifs is 1. The molecule has 0 saturated carbocycles. The molecule has 0 aliphatic rings. The molecule has 3 N–H and O–H groups in total. The number of carboxylic acid groups (broad SMARTS) is 1. The van der Waals surface area contributed by atoms with Crippen molar-refractivity contribution in [3.63, 3.8) is 0 Å². The van der Waals surface area contributed by atoms with Crippen LogP contribution in [0.2, 0.25) is 0 Å². The van der Waals surface area contributed by atoms with Crippen LogP contribution in [0.3, 0.4) is 0 Å². The summed E-state index contributed by atoms with van der Waals surface area (Å²) in [5.74, 6) is -3.51. The second-order valence-corrected chi connectivity index (χ2v) is 8.94. The van der Waals surface area contributed by atoms with Gasteiger partial charge < -0.3 is 24.7 Å². The Kier molecular flexibility index (Phi) is 7.36. The SMILES string of the molecule is O=C(O)COc1cc(CNC(=O)c2cccn(Cc3ccc(F)c(F)c3)c2=O)cc(-c2c[nH]c3ncccc23)c1. The third-order valence-corrected chi connectivity index (χ3v) is 6.15. The van der Waals surface area contributed by atoms with E-state index in [-0.39, 0.29) is 24.4 Å². The highest BCUT2D eigenvalue weighted by Gasteiger charge is 2.15. The fourth-order valence-corrected chi connectivity index (χ4v) is 4.29. The van der Waals surface area contributed by atoms with E-state index in [9.17, 15) is 23.2 Å². The van der Waals surface area contributed by atoms with Gasteiger partial charge in [-0.25, -0.2) is 18.6 Å². The molecule has 0 unspecified atom stereocenters. The number of H-pyrrole nitrogens is 1. The zero-order chi connectivity index (χ0) is 28.2. The molecule has 5 aromatic rings. The van der Waals surface area contributed by atoms with E-state index >= 15 is 0 Å². The molecule has 0 aliphatic heterocycles. The molecule has 0 fully saturated rings. The van der Waals surface area contributed by atoms with Crippen molar-refractivity contribution in [1.82, 2.24) is 19.9 Å². The van der Waals surface area contributed by atoms with Gasteiger partial charge in [0.15, 0.2) is 18.2 Å². The maximum atomic E-state index is 13.6. The number of carbonyl (C=O) groups excluding carboxylic acids is 1. The molecule has 0 radical (unpaired) electrons. The molecule has 0 atom stereocenters.